The summed E-state index contributed by atoms with van der Waals surface area (Å²) in [6.45, 7) is 10.9. The van der Waals surface area contributed by atoms with Crippen molar-refractivity contribution in [3.63, 3.8) is 0 Å². The number of likely N-dealkylation sites (N-methyl/N-ethyl adjacent to an activating group) is 3. The van der Waals surface area contributed by atoms with Crippen LogP contribution in [0.2, 0.25) is 0 Å². The van der Waals surface area contributed by atoms with Crippen molar-refractivity contribution < 1.29 is 47.9 Å². The highest BCUT2D eigenvalue weighted by atomic mass is 16.5. The number of carbonyl (C=O) groups is 9. The molecule has 2 aromatic rings. The lowest BCUT2D eigenvalue weighted by molar-refractivity contribution is -0.148. The molecule has 8 amide bonds. The summed E-state index contributed by atoms with van der Waals surface area (Å²) >= 11 is 0. The molecule has 2 saturated heterocycles. The summed E-state index contributed by atoms with van der Waals surface area (Å²) in [7, 11) is 5.73. The maximum atomic E-state index is 14.2. The minimum atomic E-state index is -1.11. The van der Waals surface area contributed by atoms with E-state index in [1.54, 1.807) is 32.7 Å². The lowest BCUT2D eigenvalue weighted by Crippen LogP contribution is -2.59. The number of methoxy groups -OCH3 is 1. The zero-order valence-electron chi connectivity index (χ0n) is 44.2. The summed E-state index contributed by atoms with van der Waals surface area (Å²) in [6, 6.07) is 12.7. The van der Waals surface area contributed by atoms with Gasteiger partial charge in [-0.3, -0.25) is 43.3 Å². The molecule has 396 valence electrons. The van der Waals surface area contributed by atoms with E-state index in [1.165, 1.54) is 40.8 Å². The fourth-order valence-electron chi connectivity index (χ4n) is 9.72. The summed E-state index contributed by atoms with van der Waals surface area (Å²) in [5.41, 5.74) is 1.59. The van der Waals surface area contributed by atoms with E-state index >= 15 is 0 Å². The van der Waals surface area contributed by atoms with Gasteiger partial charge in [-0.25, -0.2) is 4.79 Å². The van der Waals surface area contributed by atoms with Gasteiger partial charge in [-0.2, -0.15) is 0 Å². The number of rotatable bonds is 25. The van der Waals surface area contributed by atoms with Crippen molar-refractivity contribution in [3.8, 4) is 0 Å². The predicted octanol–water partition coefficient (Wildman–Crippen LogP) is 3.99. The summed E-state index contributed by atoms with van der Waals surface area (Å²) < 4.78 is 4.93. The number of likely N-dealkylation sites (tertiary alicyclic amines) is 2. The molecule has 2 heterocycles. The highest BCUT2D eigenvalue weighted by Crippen LogP contribution is 2.26. The molecular formula is C54H80N8O10. The molecule has 18 nitrogen and oxygen atoms in total. The van der Waals surface area contributed by atoms with Crippen molar-refractivity contribution in [2.75, 3.05) is 54.4 Å². The van der Waals surface area contributed by atoms with Gasteiger partial charge in [-0.15, -0.1) is 0 Å². The topological polar surface area (TPSA) is 215 Å². The van der Waals surface area contributed by atoms with Gasteiger partial charge in [-0.05, 0) is 55.1 Å². The Balaban J connectivity index is 1.44. The molecule has 0 saturated carbocycles. The normalized spacial score (nSPS) is 17.9. The number of amides is 8. The Morgan fingerprint density at radius 2 is 1.19 bits per heavy atom. The minimum absolute atomic E-state index is 0.0724. The highest BCUT2D eigenvalue weighted by Gasteiger charge is 2.42. The third-order valence-electron chi connectivity index (χ3n) is 14.4. The van der Waals surface area contributed by atoms with Gasteiger partial charge in [0.15, 0.2) is 5.78 Å². The van der Waals surface area contributed by atoms with Crippen LogP contribution >= 0.6 is 0 Å². The van der Waals surface area contributed by atoms with Crippen LogP contribution < -0.4 is 16.0 Å². The smallest absolute Gasteiger partial charge is 0.410 e. The Bertz CT molecular complexity index is 2180. The Morgan fingerprint density at radius 3 is 1.74 bits per heavy atom. The van der Waals surface area contributed by atoms with Crippen LogP contribution in [0.4, 0.5) is 4.79 Å². The summed E-state index contributed by atoms with van der Waals surface area (Å²) in [6.07, 6.45) is 4.90. The Hall–Kier alpha value is -6.33. The number of nitrogens with zero attached hydrogens (tertiary/aromatic N) is 5. The van der Waals surface area contributed by atoms with Gasteiger partial charge in [0.1, 0.15) is 24.2 Å². The van der Waals surface area contributed by atoms with Crippen LogP contribution in [-0.2, 0) is 55.9 Å². The van der Waals surface area contributed by atoms with Crippen LogP contribution in [0.15, 0.2) is 60.7 Å². The number of hydrogen-bond acceptors (Lipinski definition) is 10. The van der Waals surface area contributed by atoms with E-state index in [4.69, 9.17) is 4.74 Å². The Labute approximate surface area is 426 Å². The quantitative estimate of drug-likeness (QED) is 0.130. The average molecular weight is 1000 g/mol. The van der Waals surface area contributed by atoms with Crippen LogP contribution in [-0.4, -0.2) is 168 Å². The first-order valence-corrected chi connectivity index (χ1v) is 25.7. The lowest BCUT2D eigenvalue weighted by atomic mass is 9.95. The second kappa shape index (κ2) is 28.1. The third-order valence-corrected chi connectivity index (χ3v) is 14.4. The van der Waals surface area contributed by atoms with Crippen molar-refractivity contribution in [2.24, 2.45) is 17.8 Å². The van der Waals surface area contributed by atoms with Crippen molar-refractivity contribution >= 4 is 53.2 Å². The van der Waals surface area contributed by atoms with E-state index < -0.39 is 96.8 Å². The fourth-order valence-corrected chi connectivity index (χ4v) is 9.72. The zero-order valence-corrected chi connectivity index (χ0v) is 44.2. The molecule has 18 heteroatoms. The largest absolute Gasteiger partial charge is 0.453 e. The second-order valence-electron chi connectivity index (χ2n) is 19.8. The van der Waals surface area contributed by atoms with E-state index in [9.17, 15) is 43.2 Å². The molecular weight excluding hydrogens is 921 g/mol. The summed E-state index contributed by atoms with van der Waals surface area (Å²) in [5.74, 6) is -4.84. The monoisotopic (exact) mass is 1000 g/mol. The molecule has 72 heavy (non-hydrogen) atoms. The maximum absolute atomic E-state index is 14.2. The molecule has 0 spiro atoms. The van der Waals surface area contributed by atoms with Gasteiger partial charge in [-0.1, -0.05) is 121 Å². The van der Waals surface area contributed by atoms with Gasteiger partial charge in [0.2, 0.25) is 41.4 Å². The molecule has 3 N–H and O–H groups in total. The van der Waals surface area contributed by atoms with Crippen LogP contribution in [0.5, 0.6) is 0 Å². The standard InChI is InChI=1S/C54H80N8O10/c1-11-13-22-37(6)52(69)61-29-21-28-41(61)53(70)59(8)43(32-39-25-18-15-19-26-39)49(66)55-34-45(64)60(9)47(35(3)4)51(68)57-46(36(5)12-2)50(67)56-33-44(63)58(7)42(31-38-23-16-14-17-24-38)48(65)40-27-20-30-62(40)54(71)72-10/h14-19,23-26,35-37,40-43,46-47H,11-13,20-22,27-34H2,1-10H3,(H,55,66)(H,56,67)(H,57,68)/t36-,37?,40-,41-,42?,43?,46-,47+/m0/s1. The van der Waals surface area contributed by atoms with Crippen LogP contribution in [0, 0.1) is 17.8 Å². The van der Waals surface area contributed by atoms with Gasteiger partial charge < -0.3 is 40.3 Å². The first-order chi connectivity index (χ1) is 34.3. The van der Waals surface area contributed by atoms with E-state index in [1.807, 2.05) is 74.5 Å². The molecule has 2 aromatic carbocycles. The van der Waals surface area contributed by atoms with E-state index in [0.717, 1.165) is 30.4 Å². The first-order valence-electron chi connectivity index (χ1n) is 25.7. The molecule has 3 unspecified atom stereocenters. The molecule has 0 aliphatic carbocycles. The van der Waals surface area contributed by atoms with Gasteiger partial charge in [0.05, 0.1) is 32.3 Å². The number of hydrogen-bond donors (Lipinski definition) is 3. The molecule has 8 atom stereocenters. The molecule has 0 bridgehead atoms. The fraction of sp³-hybridized carbons (Fsp3) is 0.611. The molecule has 4 rings (SSSR count). The average Bonchev–Trinajstić information content (AvgIpc) is 4.09. The summed E-state index contributed by atoms with van der Waals surface area (Å²) in [5, 5.41) is 8.21. The van der Waals surface area contributed by atoms with Crippen molar-refractivity contribution in [1.29, 1.82) is 0 Å². The molecule has 0 aromatic heterocycles. The molecule has 2 aliphatic heterocycles. The van der Waals surface area contributed by atoms with E-state index in [0.29, 0.717) is 45.2 Å². The first kappa shape index (κ1) is 58.2. The van der Waals surface area contributed by atoms with Crippen LogP contribution in [0.1, 0.15) is 104 Å². The van der Waals surface area contributed by atoms with Crippen molar-refractivity contribution in [2.45, 2.75) is 142 Å². The van der Waals surface area contributed by atoms with Crippen molar-refractivity contribution in [3.05, 3.63) is 71.8 Å². The third kappa shape index (κ3) is 15.3. The molecule has 0 radical (unpaired) electrons. The van der Waals surface area contributed by atoms with E-state index in [2.05, 4.69) is 22.9 Å². The Kier molecular flexibility index (Phi) is 22.7. The number of benzene rings is 2. The predicted molar refractivity (Wildman–Crippen MR) is 273 cm³/mol. The second-order valence-corrected chi connectivity index (χ2v) is 19.8. The van der Waals surface area contributed by atoms with Crippen LogP contribution in [0.25, 0.3) is 0 Å². The van der Waals surface area contributed by atoms with Crippen molar-refractivity contribution in [1.82, 2.24) is 40.4 Å². The SMILES string of the molecule is CCCCC(C)C(=O)N1CCC[C@H]1C(=O)N(C)C(Cc1ccccc1)C(=O)NCC(=O)N(C)[C@@H](C(=O)N[C@H](C(=O)NCC(=O)N(C)C(Cc1ccccc1)C(=O)[C@@H]1CCCN1C(=O)OC)[C@@H](C)CC)C(C)C. The number of nitrogens with one attached hydrogen (secondary N) is 3. The number of ketones is 1. The molecule has 2 fully saturated rings. The minimum Gasteiger partial charge on any atom is -0.453 e. The maximum Gasteiger partial charge on any atom is 0.410 e. The number of Topliss-reactive ketones (excluding diaryl/α,β-unsaturated/α-hetero) is 1. The number of ether oxygens (including phenoxy) is 1. The lowest BCUT2D eigenvalue weighted by Gasteiger charge is -2.34. The Morgan fingerprint density at radius 1 is 0.667 bits per heavy atom. The number of carbonyl (C=O) groups excluding carboxylic acids is 9. The zero-order chi connectivity index (χ0) is 53.2. The summed E-state index contributed by atoms with van der Waals surface area (Å²) in [4.78, 5) is 131. The van der Waals surface area contributed by atoms with Crippen LogP contribution in [0.3, 0.4) is 0 Å². The van der Waals surface area contributed by atoms with Gasteiger partial charge in [0, 0.05) is 53.0 Å². The number of unbranched alkanes of at least 4 members (excludes halogenated alkanes) is 1. The van der Waals surface area contributed by atoms with E-state index in [-0.39, 0.29) is 36.4 Å². The molecule has 2 aliphatic rings. The van der Waals surface area contributed by atoms with Gasteiger partial charge in [0.25, 0.3) is 0 Å². The highest BCUT2D eigenvalue weighted by molar-refractivity contribution is 5.98. The van der Waals surface area contributed by atoms with Gasteiger partial charge >= 0.3 is 6.09 Å².